The van der Waals surface area contributed by atoms with Crippen molar-refractivity contribution in [3.63, 3.8) is 0 Å². The molecule has 0 saturated heterocycles. The van der Waals surface area contributed by atoms with E-state index in [9.17, 15) is 18.3 Å². The number of phenols is 1. The van der Waals surface area contributed by atoms with Gasteiger partial charge < -0.3 is 18.8 Å². The van der Waals surface area contributed by atoms with Crippen molar-refractivity contribution in [2.45, 2.75) is 32.1 Å². The van der Waals surface area contributed by atoms with Gasteiger partial charge in [-0.3, -0.25) is 0 Å². The first kappa shape index (κ1) is 25.8. The zero-order valence-electron chi connectivity index (χ0n) is 20.7. The van der Waals surface area contributed by atoms with E-state index in [0.29, 0.717) is 16.5 Å². The maximum absolute atomic E-state index is 13.1. The second-order valence-corrected chi connectivity index (χ2v) is 11.3. The molecule has 7 nitrogen and oxygen atoms in total. The minimum atomic E-state index is -4.48. The molecule has 0 unspecified atom stereocenters. The Balaban J connectivity index is 1.67. The van der Waals surface area contributed by atoms with Crippen LogP contribution in [0.3, 0.4) is 0 Å². The lowest BCUT2D eigenvalue weighted by atomic mass is 9.91. The minimum Gasteiger partial charge on any atom is -0.506 e. The molecule has 0 bridgehead atoms. The molecule has 0 amide bonds. The van der Waals surface area contributed by atoms with Gasteiger partial charge in [-0.05, 0) is 100 Å². The van der Waals surface area contributed by atoms with Crippen LogP contribution in [0.5, 0.6) is 11.5 Å². The number of aryl methyl sites for hydroxylation is 3. The predicted octanol–water partition coefficient (Wildman–Crippen LogP) is 7.37. The van der Waals surface area contributed by atoms with Gasteiger partial charge in [0.15, 0.2) is 5.75 Å². The number of hydrogen-bond acceptors (Lipinski definition) is 6. The van der Waals surface area contributed by atoms with Crippen LogP contribution in [0.2, 0.25) is 0 Å². The average molecular weight is 595 g/mol. The van der Waals surface area contributed by atoms with Crippen molar-refractivity contribution in [1.29, 1.82) is 0 Å². The maximum atomic E-state index is 13.1. The Bertz CT molecular complexity index is 1870. The Morgan fingerprint density at radius 3 is 2.47 bits per heavy atom. The van der Waals surface area contributed by atoms with E-state index in [4.69, 9.17) is 13.7 Å². The number of carboxylic acid groups (broad SMARTS) is 1. The Labute approximate surface area is 227 Å². The van der Waals surface area contributed by atoms with Gasteiger partial charge in [-0.15, -0.1) is 0 Å². The number of carbonyl (C=O) groups is 1. The number of aromatic carboxylic acids is 1. The smallest absolute Gasteiger partial charge is 0.342 e. The minimum absolute atomic E-state index is 0.0922. The normalized spacial score (nSPS) is 11.8. The van der Waals surface area contributed by atoms with Gasteiger partial charge in [0.2, 0.25) is 0 Å². The number of furan rings is 1. The summed E-state index contributed by atoms with van der Waals surface area (Å²) in [7, 11) is -4.48. The summed E-state index contributed by atoms with van der Waals surface area (Å²) >= 11 is 3.51. The standard InChI is InChI=1S/C29H23BrO7S/c1-4-17-11-20(27-21-8-6-5-7-18(21)14-24-26(27)15(2)16(3)36-24)12-22(30)28(17)37-38(34,35)25-10-9-19(29(32)33)13-23(25)31/h5-14,31H,4H2,1-3H3,(H,32,33). The van der Waals surface area contributed by atoms with Crippen LogP contribution in [0.4, 0.5) is 0 Å². The van der Waals surface area contributed by atoms with Crippen LogP contribution in [0.25, 0.3) is 32.9 Å². The third kappa shape index (κ3) is 4.31. The molecule has 1 aromatic heterocycles. The van der Waals surface area contributed by atoms with Crippen LogP contribution in [0.1, 0.15) is 34.2 Å². The van der Waals surface area contributed by atoms with Crippen molar-refractivity contribution in [3.05, 3.63) is 87.6 Å². The first-order valence-electron chi connectivity index (χ1n) is 11.8. The topological polar surface area (TPSA) is 114 Å². The van der Waals surface area contributed by atoms with Crippen LogP contribution in [0.15, 0.2) is 74.4 Å². The Morgan fingerprint density at radius 1 is 1.05 bits per heavy atom. The lowest BCUT2D eigenvalue weighted by Crippen LogP contribution is -2.12. The zero-order chi connectivity index (χ0) is 27.4. The lowest BCUT2D eigenvalue weighted by Gasteiger charge is -2.17. The van der Waals surface area contributed by atoms with E-state index < -0.39 is 26.7 Å². The molecule has 5 aromatic rings. The van der Waals surface area contributed by atoms with Gasteiger partial charge in [-0.25, -0.2) is 4.79 Å². The van der Waals surface area contributed by atoms with Crippen molar-refractivity contribution in [2.24, 2.45) is 0 Å². The summed E-state index contributed by atoms with van der Waals surface area (Å²) in [6, 6.07) is 16.7. The highest BCUT2D eigenvalue weighted by Gasteiger charge is 2.26. The van der Waals surface area contributed by atoms with Gasteiger partial charge >= 0.3 is 16.1 Å². The fraction of sp³-hybridized carbons (Fsp3) is 0.138. The monoisotopic (exact) mass is 594 g/mol. The predicted molar refractivity (Wildman–Crippen MR) is 149 cm³/mol. The molecule has 4 aromatic carbocycles. The zero-order valence-corrected chi connectivity index (χ0v) is 23.1. The van der Waals surface area contributed by atoms with Crippen LogP contribution >= 0.6 is 15.9 Å². The lowest BCUT2D eigenvalue weighted by molar-refractivity contribution is 0.0696. The fourth-order valence-corrected chi connectivity index (χ4v) is 6.40. The number of fused-ring (bicyclic) bond motifs is 2. The Kier molecular flexibility index (Phi) is 6.44. The summed E-state index contributed by atoms with van der Waals surface area (Å²) in [4.78, 5) is 10.6. The molecule has 0 fully saturated rings. The average Bonchev–Trinajstić information content (AvgIpc) is 3.15. The van der Waals surface area contributed by atoms with E-state index in [1.54, 1.807) is 6.07 Å². The van der Waals surface area contributed by atoms with E-state index in [2.05, 4.69) is 15.9 Å². The Morgan fingerprint density at radius 2 is 1.79 bits per heavy atom. The van der Waals surface area contributed by atoms with E-state index in [-0.39, 0.29) is 11.3 Å². The summed E-state index contributed by atoms with van der Waals surface area (Å²) < 4.78 is 38.2. The summed E-state index contributed by atoms with van der Waals surface area (Å²) in [6.45, 7) is 5.83. The second kappa shape index (κ2) is 9.49. The maximum Gasteiger partial charge on any atom is 0.342 e. The number of aromatic hydroxyl groups is 1. The molecule has 9 heteroatoms. The van der Waals surface area contributed by atoms with E-state index in [1.165, 1.54) is 0 Å². The number of benzene rings is 4. The van der Waals surface area contributed by atoms with Crippen molar-refractivity contribution in [2.75, 3.05) is 0 Å². The number of rotatable bonds is 6. The second-order valence-electron chi connectivity index (χ2n) is 8.95. The van der Waals surface area contributed by atoms with Gasteiger partial charge in [0.05, 0.1) is 10.0 Å². The molecule has 0 spiro atoms. The quantitative estimate of drug-likeness (QED) is 0.197. The van der Waals surface area contributed by atoms with E-state index in [0.717, 1.165) is 62.4 Å². The van der Waals surface area contributed by atoms with Crippen molar-refractivity contribution in [3.8, 4) is 22.6 Å². The molecule has 38 heavy (non-hydrogen) atoms. The van der Waals surface area contributed by atoms with E-state index in [1.807, 2.05) is 57.2 Å². The molecule has 2 N–H and O–H groups in total. The van der Waals surface area contributed by atoms with Gasteiger partial charge in [0.1, 0.15) is 22.0 Å². The Hall–Kier alpha value is -3.82. The molecule has 5 rings (SSSR count). The van der Waals surface area contributed by atoms with Crippen molar-refractivity contribution >= 4 is 53.8 Å². The molecular formula is C29H23BrO7S. The van der Waals surface area contributed by atoms with Crippen LogP contribution in [0, 0.1) is 13.8 Å². The summed E-state index contributed by atoms with van der Waals surface area (Å²) in [5.41, 5.74) is 4.01. The third-order valence-electron chi connectivity index (χ3n) is 6.64. The van der Waals surface area contributed by atoms with Crippen molar-refractivity contribution in [1.82, 2.24) is 0 Å². The summed E-state index contributed by atoms with van der Waals surface area (Å²) in [5, 5.41) is 22.4. The molecule has 0 saturated carbocycles. The molecule has 0 aliphatic heterocycles. The van der Waals surface area contributed by atoms with Crippen LogP contribution in [-0.4, -0.2) is 24.6 Å². The first-order valence-corrected chi connectivity index (χ1v) is 14.0. The first-order chi connectivity index (χ1) is 18.0. The number of carboxylic acids is 1. The molecule has 0 aliphatic rings. The fourth-order valence-electron chi connectivity index (χ4n) is 4.66. The van der Waals surface area contributed by atoms with Gasteiger partial charge in [0.25, 0.3) is 0 Å². The van der Waals surface area contributed by atoms with Crippen LogP contribution < -0.4 is 4.18 Å². The van der Waals surface area contributed by atoms with E-state index >= 15 is 0 Å². The van der Waals surface area contributed by atoms with Gasteiger partial charge in [-0.2, -0.15) is 8.42 Å². The van der Waals surface area contributed by atoms with Crippen molar-refractivity contribution < 1.29 is 32.0 Å². The molecule has 194 valence electrons. The highest BCUT2D eigenvalue weighted by atomic mass is 79.9. The molecule has 0 atom stereocenters. The molecule has 0 aliphatic carbocycles. The highest BCUT2D eigenvalue weighted by molar-refractivity contribution is 9.10. The third-order valence-corrected chi connectivity index (χ3v) is 8.50. The number of hydrogen-bond donors (Lipinski definition) is 2. The number of halogens is 1. The number of phenolic OH excluding ortho intramolecular Hbond substituents is 1. The van der Waals surface area contributed by atoms with Gasteiger partial charge in [0, 0.05) is 10.9 Å². The van der Waals surface area contributed by atoms with Gasteiger partial charge in [-0.1, -0.05) is 31.2 Å². The SMILES string of the molecule is CCc1cc(-c2c3ccccc3cc3oc(C)c(C)c23)cc(Br)c1OS(=O)(=O)c1ccc(C(=O)O)cc1O. The summed E-state index contributed by atoms with van der Waals surface area (Å²) in [5.74, 6) is -1.08. The molecule has 0 radical (unpaired) electrons. The van der Waals surface area contributed by atoms with Crippen LogP contribution in [-0.2, 0) is 16.5 Å². The molecular weight excluding hydrogens is 572 g/mol. The molecule has 1 heterocycles. The summed E-state index contributed by atoms with van der Waals surface area (Å²) in [6.07, 6.45) is 0.457. The highest BCUT2D eigenvalue weighted by Crippen LogP contribution is 2.44. The largest absolute Gasteiger partial charge is 0.506 e.